The Bertz CT molecular complexity index is 313. The molecule has 1 rings (SSSR count). The molecule has 0 spiro atoms. The Kier molecular flexibility index (Phi) is 3.18. The molecule has 0 aliphatic carbocycles. The lowest BCUT2D eigenvalue weighted by Crippen LogP contribution is -2.10. The van der Waals surface area contributed by atoms with Crippen molar-refractivity contribution < 1.29 is 13.2 Å². The molecule has 0 saturated heterocycles. The first kappa shape index (κ1) is 10.8. The van der Waals surface area contributed by atoms with Crippen molar-refractivity contribution in [2.45, 2.75) is 12.1 Å². The van der Waals surface area contributed by atoms with Crippen molar-refractivity contribution in [3.05, 3.63) is 28.0 Å². The molecule has 0 amide bonds. The average Bonchev–Trinajstić information content (AvgIpc) is 2.01. The van der Waals surface area contributed by atoms with Crippen LogP contribution < -0.4 is 0 Å². The van der Waals surface area contributed by atoms with E-state index in [2.05, 4.69) is 20.9 Å². The normalized spacial score (nSPS) is 11.8. The molecule has 0 aliphatic rings. The highest BCUT2D eigenvalue weighted by atomic mass is 79.9. The number of nitrogens with zero attached hydrogens (tertiary/aromatic N) is 1. The summed E-state index contributed by atoms with van der Waals surface area (Å²) >= 11 is 8.10. The van der Waals surface area contributed by atoms with Gasteiger partial charge in [0.25, 0.3) is 0 Å². The largest absolute Gasteiger partial charge is 0.419 e. The smallest absolute Gasteiger partial charge is 0.249 e. The second kappa shape index (κ2) is 3.84. The fourth-order valence-corrected chi connectivity index (χ4v) is 1.70. The van der Waals surface area contributed by atoms with Crippen LogP contribution in [0.25, 0.3) is 0 Å². The highest BCUT2D eigenvalue weighted by Gasteiger charge is 2.36. The van der Waals surface area contributed by atoms with Gasteiger partial charge in [-0.3, -0.25) is 0 Å². The molecule has 0 fully saturated rings. The first-order valence-electron chi connectivity index (χ1n) is 3.23. The Hall–Kier alpha value is -0.290. The third-order valence-corrected chi connectivity index (χ3v) is 2.31. The number of rotatable bonds is 1. The predicted molar refractivity (Wildman–Crippen MR) is 46.5 cm³/mol. The zero-order valence-corrected chi connectivity index (χ0v) is 8.54. The number of pyridine rings is 1. The summed E-state index contributed by atoms with van der Waals surface area (Å²) in [6, 6.07) is 1.25. The molecule has 1 nitrogen and oxygen atoms in total. The van der Waals surface area contributed by atoms with Gasteiger partial charge < -0.3 is 0 Å². The minimum absolute atomic E-state index is 0.0241. The van der Waals surface area contributed by atoms with Gasteiger partial charge in [-0.2, -0.15) is 13.2 Å². The Morgan fingerprint density at radius 2 is 2.08 bits per heavy atom. The molecule has 0 atom stereocenters. The zero-order valence-electron chi connectivity index (χ0n) is 6.20. The van der Waals surface area contributed by atoms with Crippen molar-refractivity contribution in [3.8, 4) is 0 Å². The molecule has 0 aliphatic heterocycles. The molecule has 0 radical (unpaired) electrons. The van der Waals surface area contributed by atoms with Gasteiger partial charge in [-0.25, -0.2) is 4.98 Å². The maximum atomic E-state index is 12.4. The first-order chi connectivity index (χ1) is 5.96. The molecule has 6 heteroatoms. The van der Waals surface area contributed by atoms with Crippen molar-refractivity contribution in [1.82, 2.24) is 4.98 Å². The molecule has 0 unspecified atom stereocenters. The summed E-state index contributed by atoms with van der Waals surface area (Å²) in [6.07, 6.45) is -3.14. The molecule has 0 N–H and O–H groups in total. The monoisotopic (exact) mass is 273 g/mol. The number of halogens is 5. The van der Waals surface area contributed by atoms with Gasteiger partial charge in [0.2, 0.25) is 0 Å². The number of hydrogen-bond donors (Lipinski definition) is 0. The fraction of sp³-hybridized carbons (Fsp3) is 0.286. The van der Waals surface area contributed by atoms with Crippen LogP contribution in [0, 0.1) is 0 Å². The summed E-state index contributed by atoms with van der Waals surface area (Å²) in [5, 5.41) is 0. The molecule has 0 aromatic carbocycles. The van der Waals surface area contributed by atoms with Crippen LogP contribution in [0.3, 0.4) is 0 Å². The Morgan fingerprint density at radius 3 is 2.46 bits per heavy atom. The van der Waals surface area contributed by atoms with E-state index in [1.54, 1.807) is 0 Å². The summed E-state index contributed by atoms with van der Waals surface area (Å²) < 4.78 is 36.9. The van der Waals surface area contributed by atoms with Crippen LogP contribution in [-0.4, -0.2) is 4.98 Å². The van der Waals surface area contributed by atoms with Gasteiger partial charge in [0.15, 0.2) is 0 Å². The van der Waals surface area contributed by atoms with E-state index in [1.165, 1.54) is 12.3 Å². The van der Waals surface area contributed by atoms with Crippen molar-refractivity contribution in [2.75, 3.05) is 0 Å². The molecule has 0 saturated carbocycles. The lowest BCUT2D eigenvalue weighted by molar-refractivity contribution is -0.139. The minimum Gasteiger partial charge on any atom is -0.249 e. The van der Waals surface area contributed by atoms with E-state index in [9.17, 15) is 13.2 Å². The summed E-state index contributed by atoms with van der Waals surface area (Å²) in [6.45, 7) is 0. The third kappa shape index (κ3) is 2.34. The second-order valence-electron chi connectivity index (χ2n) is 2.27. The maximum Gasteiger partial charge on any atom is 0.419 e. The molecule has 1 heterocycles. The Balaban J connectivity index is 3.32. The molecule has 1 aromatic rings. The summed E-state index contributed by atoms with van der Waals surface area (Å²) in [4.78, 5) is 3.49. The van der Waals surface area contributed by atoms with Crippen LogP contribution >= 0.6 is 27.5 Å². The van der Waals surface area contributed by atoms with Crippen LogP contribution in [0.15, 0.2) is 16.9 Å². The van der Waals surface area contributed by atoms with Gasteiger partial charge in [-0.1, -0.05) is 0 Å². The summed E-state index contributed by atoms with van der Waals surface area (Å²) in [5.41, 5.74) is -0.777. The Morgan fingerprint density at radius 1 is 1.46 bits per heavy atom. The van der Waals surface area contributed by atoms with E-state index >= 15 is 0 Å². The minimum atomic E-state index is -4.42. The first-order valence-corrected chi connectivity index (χ1v) is 4.56. The van der Waals surface area contributed by atoms with E-state index in [1.807, 2.05) is 0 Å². The van der Waals surface area contributed by atoms with E-state index in [-0.39, 0.29) is 16.0 Å². The predicted octanol–water partition coefficient (Wildman–Crippen LogP) is 3.60. The SMILES string of the molecule is FC(F)(F)c1c(CCl)ccnc1Br. The molecule has 0 bridgehead atoms. The van der Waals surface area contributed by atoms with Gasteiger partial charge in [-0.15, -0.1) is 11.6 Å². The fourth-order valence-electron chi connectivity index (χ4n) is 0.883. The average molecular weight is 274 g/mol. The van der Waals surface area contributed by atoms with Crippen LogP contribution in [0.1, 0.15) is 11.1 Å². The Labute approximate surface area is 86.0 Å². The van der Waals surface area contributed by atoms with Crippen LogP contribution in [0.2, 0.25) is 0 Å². The number of hydrogen-bond acceptors (Lipinski definition) is 1. The van der Waals surface area contributed by atoms with Gasteiger partial charge in [0, 0.05) is 12.1 Å². The van der Waals surface area contributed by atoms with E-state index in [0.29, 0.717) is 0 Å². The van der Waals surface area contributed by atoms with Crippen molar-refractivity contribution in [2.24, 2.45) is 0 Å². The van der Waals surface area contributed by atoms with Crippen LogP contribution in [0.4, 0.5) is 13.2 Å². The summed E-state index contributed by atoms with van der Waals surface area (Å²) in [7, 11) is 0. The molecule has 13 heavy (non-hydrogen) atoms. The molecular weight excluding hydrogens is 270 g/mol. The van der Waals surface area contributed by atoms with E-state index in [0.717, 1.165) is 0 Å². The lowest BCUT2D eigenvalue weighted by atomic mass is 10.1. The zero-order chi connectivity index (χ0) is 10.1. The highest BCUT2D eigenvalue weighted by Crippen LogP contribution is 2.36. The highest BCUT2D eigenvalue weighted by molar-refractivity contribution is 9.10. The van der Waals surface area contributed by atoms with Crippen molar-refractivity contribution in [3.63, 3.8) is 0 Å². The lowest BCUT2D eigenvalue weighted by Gasteiger charge is -2.11. The topological polar surface area (TPSA) is 12.9 Å². The van der Waals surface area contributed by atoms with Crippen LogP contribution in [-0.2, 0) is 12.1 Å². The van der Waals surface area contributed by atoms with E-state index in [4.69, 9.17) is 11.6 Å². The number of alkyl halides is 4. The van der Waals surface area contributed by atoms with Crippen LogP contribution in [0.5, 0.6) is 0 Å². The quantitative estimate of drug-likeness (QED) is 0.563. The molecule has 1 aromatic heterocycles. The van der Waals surface area contributed by atoms with Crippen molar-refractivity contribution >= 4 is 27.5 Å². The van der Waals surface area contributed by atoms with Crippen molar-refractivity contribution in [1.29, 1.82) is 0 Å². The standard InChI is InChI=1S/C7H4BrClF3N/c8-6-5(7(10,11)12)4(3-9)1-2-13-6/h1-2H,3H2. The molecular formula is C7H4BrClF3N. The number of aromatic nitrogens is 1. The van der Waals surface area contributed by atoms with Gasteiger partial charge in [0.05, 0.1) is 5.56 Å². The third-order valence-electron chi connectivity index (χ3n) is 1.42. The molecule has 72 valence electrons. The van der Waals surface area contributed by atoms with Gasteiger partial charge >= 0.3 is 6.18 Å². The van der Waals surface area contributed by atoms with Gasteiger partial charge in [-0.05, 0) is 27.6 Å². The van der Waals surface area contributed by atoms with E-state index < -0.39 is 11.7 Å². The summed E-state index contributed by atoms with van der Waals surface area (Å²) in [5.74, 6) is -0.185. The maximum absolute atomic E-state index is 12.4. The second-order valence-corrected chi connectivity index (χ2v) is 3.29. The van der Waals surface area contributed by atoms with Gasteiger partial charge in [0.1, 0.15) is 4.60 Å².